The van der Waals surface area contributed by atoms with Gasteiger partial charge in [0.05, 0.1) is 11.4 Å². The highest BCUT2D eigenvalue weighted by Crippen LogP contribution is 2.24. The smallest absolute Gasteiger partial charge is 0.312 e. The van der Waals surface area contributed by atoms with Gasteiger partial charge in [0.1, 0.15) is 0 Å². The molecule has 0 saturated carbocycles. The molecule has 0 spiro atoms. The second-order valence-corrected chi connectivity index (χ2v) is 5.89. The number of hydrogen-bond donors (Lipinski definition) is 0. The Hall–Kier alpha value is -2.10. The average molecular weight is 314 g/mol. The third-order valence-corrected chi connectivity index (χ3v) is 4.10. The number of unbranched alkanes of at least 4 members (excludes halogenated alkanes) is 2. The minimum atomic E-state index is -0.187. The van der Waals surface area contributed by atoms with E-state index < -0.39 is 0 Å². The van der Waals surface area contributed by atoms with Crippen LogP contribution in [-0.2, 0) is 11.2 Å². The summed E-state index contributed by atoms with van der Waals surface area (Å²) in [4.78, 5) is 12.1. The van der Waals surface area contributed by atoms with Gasteiger partial charge in [0, 0.05) is 12.5 Å². The molecule has 0 aliphatic carbocycles. The molecule has 124 valence electrons. The minimum Gasteiger partial charge on any atom is -0.407 e. The Balaban J connectivity index is 2.28. The Morgan fingerprint density at radius 3 is 2.70 bits per heavy atom. The number of rotatable bonds is 7. The lowest BCUT2D eigenvalue weighted by molar-refractivity contribution is -0.134. The van der Waals surface area contributed by atoms with Crippen LogP contribution in [-0.4, -0.2) is 15.7 Å². The van der Waals surface area contributed by atoms with Crippen molar-refractivity contribution in [1.82, 2.24) is 9.78 Å². The van der Waals surface area contributed by atoms with E-state index in [4.69, 9.17) is 4.74 Å². The van der Waals surface area contributed by atoms with Crippen molar-refractivity contribution >= 4 is 5.97 Å². The molecular weight excluding hydrogens is 288 g/mol. The number of hydrogen-bond acceptors (Lipinski definition) is 3. The number of nitrogens with zero attached hydrogens (tertiary/aromatic N) is 2. The Bertz CT molecular complexity index is 674. The van der Waals surface area contributed by atoms with Crippen molar-refractivity contribution in [2.24, 2.45) is 0 Å². The van der Waals surface area contributed by atoms with E-state index in [1.165, 1.54) is 5.56 Å². The van der Waals surface area contributed by atoms with Crippen LogP contribution in [0.4, 0.5) is 0 Å². The van der Waals surface area contributed by atoms with Crippen LogP contribution < -0.4 is 4.74 Å². The summed E-state index contributed by atoms with van der Waals surface area (Å²) < 4.78 is 7.33. The summed E-state index contributed by atoms with van der Waals surface area (Å²) in [7, 11) is 0. The maximum Gasteiger partial charge on any atom is 0.312 e. The van der Waals surface area contributed by atoms with Crippen LogP contribution >= 0.6 is 0 Å². The number of carbonyl (C=O) groups is 1. The first-order valence-corrected chi connectivity index (χ1v) is 8.43. The highest BCUT2D eigenvalue weighted by atomic mass is 16.5. The van der Waals surface area contributed by atoms with Crippen LogP contribution in [0.25, 0.3) is 5.69 Å². The van der Waals surface area contributed by atoms with Crippen molar-refractivity contribution in [2.75, 3.05) is 0 Å². The highest BCUT2D eigenvalue weighted by Gasteiger charge is 2.15. The fourth-order valence-electron chi connectivity index (χ4n) is 2.48. The van der Waals surface area contributed by atoms with E-state index >= 15 is 0 Å². The molecule has 0 amide bonds. The zero-order chi connectivity index (χ0) is 16.8. The van der Waals surface area contributed by atoms with Crippen molar-refractivity contribution < 1.29 is 9.53 Å². The summed E-state index contributed by atoms with van der Waals surface area (Å²) in [6.07, 6.45) is 4.26. The number of esters is 1. The van der Waals surface area contributed by atoms with Gasteiger partial charge in [-0.05, 0) is 43.9 Å². The summed E-state index contributed by atoms with van der Waals surface area (Å²) in [5, 5.41) is 4.59. The van der Waals surface area contributed by atoms with Gasteiger partial charge in [0.2, 0.25) is 5.88 Å². The van der Waals surface area contributed by atoms with Crippen LogP contribution in [0.15, 0.2) is 24.3 Å². The van der Waals surface area contributed by atoms with Gasteiger partial charge in [0.15, 0.2) is 0 Å². The van der Waals surface area contributed by atoms with Crippen LogP contribution in [0.1, 0.15) is 56.4 Å². The van der Waals surface area contributed by atoms with E-state index in [1.807, 2.05) is 25.1 Å². The van der Waals surface area contributed by atoms with E-state index in [9.17, 15) is 4.79 Å². The summed E-state index contributed by atoms with van der Waals surface area (Å²) in [5.41, 5.74) is 4.21. The molecule has 0 aliphatic heterocycles. The van der Waals surface area contributed by atoms with Crippen molar-refractivity contribution in [3.8, 4) is 11.6 Å². The molecule has 2 aromatic rings. The van der Waals surface area contributed by atoms with Crippen LogP contribution in [0.5, 0.6) is 5.88 Å². The van der Waals surface area contributed by atoms with Crippen molar-refractivity contribution in [2.45, 2.75) is 59.8 Å². The Labute approximate surface area is 138 Å². The van der Waals surface area contributed by atoms with E-state index in [-0.39, 0.29) is 5.97 Å². The van der Waals surface area contributed by atoms with E-state index in [2.05, 4.69) is 31.9 Å². The van der Waals surface area contributed by atoms with Gasteiger partial charge in [-0.3, -0.25) is 4.79 Å². The number of aryl methyl sites for hydroxylation is 2. The first kappa shape index (κ1) is 17.3. The predicted octanol–water partition coefficient (Wildman–Crippen LogP) is 4.54. The fraction of sp³-hybridized carbons (Fsp3) is 0.474. The van der Waals surface area contributed by atoms with Gasteiger partial charge in [-0.15, -0.1) is 0 Å². The first-order valence-electron chi connectivity index (χ1n) is 8.43. The quantitative estimate of drug-likeness (QED) is 0.557. The summed E-state index contributed by atoms with van der Waals surface area (Å²) >= 11 is 0. The molecule has 2 rings (SSSR count). The Morgan fingerprint density at radius 2 is 2.00 bits per heavy atom. The Morgan fingerprint density at radius 1 is 1.22 bits per heavy atom. The molecule has 4 nitrogen and oxygen atoms in total. The molecule has 0 saturated heterocycles. The highest BCUT2D eigenvalue weighted by molar-refractivity contribution is 5.72. The Kier molecular flexibility index (Phi) is 5.97. The van der Waals surface area contributed by atoms with Gasteiger partial charge in [-0.25, -0.2) is 4.68 Å². The van der Waals surface area contributed by atoms with Gasteiger partial charge < -0.3 is 4.74 Å². The van der Waals surface area contributed by atoms with Crippen LogP contribution in [0.3, 0.4) is 0 Å². The van der Waals surface area contributed by atoms with Gasteiger partial charge in [-0.2, -0.15) is 5.10 Å². The first-order chi connectivity index (χ1) is 11.1. The molecule has 1 heterocycles. The summed E-state index contributed by atoms with van der Waals surface area (Å²) in [6.45, 7) is 8.29. The lowest BCUT2D eigenvalue weighted by atomic mass is 10.1. The molecule has 0 radical (unpaired) electrons. The third-order valence-electron chi connectivity index (χ3n) is 4.10. The molecular formula is C19H26N2O2. The van der Waals surface area contributed by atoms with Crippen molar-refractivity contribution in [3.63, 3.8) is 0 Å². The fourth-order valence-corrected chi connectivity index (χ4v) is 2.48. The molecule has 4 heteroatoms. The molecule has 0 N–H and O–H groups in total. The monoisotopic (exact) mass is 314 g/mol. The average Bonchev–Trinajstić information content (AvgIpc) is 2.93. The molecule has 0 atom stereocenters. The lowest BCUT2D eigenvalue weighted by Gasteiger charge is -2.11. The standard InChI is InChI=1S/C19H26N2O2/c1-5-7-8-12-19(22)23-18-13-16(6-2)20-21(18)17-11-9-10-14(3)15(17)4/h9-11,13H,5-8,12H2,1-4H3. The molecule has 1 aromatic carbocycles. The number of benzene rings is 1. The summed E-state index contributed by atoms with van der Waals surface area (Å²) in [6, 6.07) is 7.93. The molecule has 0 fully saturated rings. The normalized spacial score (nSPS) is 10.8. The summed E-state index contributed by atoms with van der Waals surface area (Å²) in [5.74, 6) is 0.324. The van der Waals surface area contributed by atoms with Crippen LogP contribution in [0.2, 0.25) is 0 Å². The number of aromatic nitrogens is 2. The predicted molar refractivity (Wildman–Crippen MR) is 92.2 cm³/mol. The zero-order valence-corrected chi connectivity index (χ0v) is 14.6. The van der Waals surface area contributed by atoms with Crippen molar-refractivity contribution in [1.29, 1.82) is 0 Å². The maximum absolute atomic E-state index is 12.1. The van der Waals surface area contributed by atoms with Gasteiger partial charge in [0.25, 0.3) is 0 Å². The molecule has 1 aromatic heterocycles. The molecule has 0 unspecified atom stereocenters. The number of ether oxygens (including phenoxy) is 1. The maximum atomic E-state index is 12.1. The third kappa shape index (κ3) is 4.21. The molecule has 0 aliphatic rings. The SMILES string of the molecule is CCCCCC(=O)Oc1cc(CC)nn1-c1cccc(C)c1C. The van der Waals surface area contributed by atoms with E-state index in [0.29, 0.717) is 12.3 Å². The van der Waals surface area contributed by atoms with Gasteiger partial charge >= 0.3 is 5.97 Å². The second kappa shape index (κ2) is 7.95. The minimum absolute atomic E-state index is 0.187. The molecule has 23 heavy (non-hydrogen) atoms. The van der Waals surface area contributed by atoms with Crippen LogP contribution in [0, 0.1) is 13.8 Å². The van der Waals surface area contributed by atoms with Gasteiger partial charge in [-0.1, -0.05) is 38.8 Å². The number of carbonyl (C=O) groups excluding carboxylic acids is 1. The second-order valence-electron chi connectivity index (χ2n) is 5.89. The topological polar surface area (TPSA) is 44.1 Å². The zero-order valence-electron chi connectivity index (χ0n) is 14.6. The van der Waals surface area contributed by atoms with E-state index in [1.54, 1.807) is 4.68 Å². The van der Waals surface area contributed by atoms with E-state index in [0.717, 1.165) is 42.6 Å². The molecule has 0 bridgehead atoms. The van der Waals surface area contributed by atoms with Crippen molar-refractivity contribution in [3.05, 3.63) is 41.1 Å². The lowest BCUT2D eigenvalue weighted by Crippen LogP contribution is -2.12. The largest absolute Gasteiger partial charge is 0.407 e.